The van der Waals surface area contributed by atoms with Crippen LogP contribution in [0.25, 0.3) is 0 Å². The molecule has 2 fully saturated rings. The average molecular weight is 220 g/mol. The Morgan fingerprint density at radius 1 is 1.31 bits per heavy atom. The Morgan fingerprint density at radius 2 is 2.00 bits per heavy atom. The van der Waals surface area contributed by atoms with E-state index in [1.54, 1.807) is 17.1 Å². The van der Waals surface area contributed by atoms with Crippen LogP contribution in [0.1, 0.15) is 6.42 Å². The van der Waals surface area contributed by atoms with Gasteiger partial charge in [-0.05, 0) is 6.42 Å². The maximum atomic E-state index is 11.6. The first-order valence-corrected chi connectivity index (χ1v) is 5.30. The quantitative estimate of drug-likeness (QED) is 0.694. The highest BCUT2D eigenvalue weighted by Crippen LogP contribution is 2.46. The Bertz CT molecular complexity index is 447. The number of piperidine rings is 1. The van der Waals surface area contributed by atoms with E-state index in [4.69, 9.17) is 5.73 Å². The third kappa shape index (κ3) is 1.30. The molecule has 6 nitrogen and oxygen atoms in total. The van der Waals surface area contributed by atoms with Crippen LogP contribution in [0.15, 0.2) is 12.4 Å². The summed E-state index contributed by atoms with van der Waals surface area (Å²) in [5.74, 6) is -0.0735. The highest BCUT2D eigenvalue weighted by molar-refractivity contribution is 6.08. The van der Waals surface area contributed by atoms with Crippen LogP contribution in [0.4, 0.5) is 5.69 Å². The van der Waals surface area contributed by atoms with Crippen molar-refractivity contribution < 1.29 is 9.59 Å². The van der Waals surface area contributed by atoms with Gasteiger partial charge in [0.25, 0.3) is 0 Å². The van der Waals surface area contributed by atoms with Crippen LogP contribution in [-0.2, 0) is 16.1 Å². The van der Waals surface area contributed by atoms with Gasteiger partial charge in [0.15, 0.2) is 0 Å². The molecule has 1 aromatic rings. The summed E-state index contributed by atoms with van der Waals surface area (Å²) in [7, 11) is 0. The molecular formula is C10H12N4O2. The summed E-state index contributed by atoms with van der Waals surface area (Å²) in [4.78, 5) is 24.6. The summed E-state index contributed by atoms with van der Waals surface area (Å²) in [6.07, 6.45) is 3.99. The lowest BCUT2D eigenvalue weighted by Gasteiger charge is -2.15. The molecule has 2 amide bonds. The van der Waals surface area contributed by atoms with Crippen molar-refractivity contribution in [2.75, 3.05) is 12.3 Å². The second-order valence-electron chi connectivity index (χ2n) is 4.31. The van der Waals surface area contributed by atoms with Crippen molar-refractivity contribution in [3.8, 4) is 0 Å². The van der Waals surface area contributed by atoms with E-state index in [-0.39, 0.29) is 23.7 Å². The molecule has 2 aliphatic rings. The molecule has 0 aromatic carbocycles. The van der Waals surface area contributed by atoms with Crippen molar-refractivity contribution in [1.29, 1.82) is 0 Å². The number of imide groups is 1. The number of nitrogen functional groups attached to an aromatic ring is 1. The number of likely N-dealkylation sites (tertiary alicyclic amines) is 1. The van der Waals surface area contributed by atoms with Crippen LogP contribution in [0, 0.1) is 11.8 Å². The number of hydrogen-bond acceptors (Lipinski definition) is 4. The van der Waals surface area contributed by atoms with Gasteiger partial charge < -0.3 is 5.73 Å². The number of anilines is 1. The van der Waals surface area contributed by atoms with Gasteiger partial charge in [-0.1, -0.05) is 0 Å². The molecule has 1 saturated carbocycles. The third-order valence-electron chi connectivity index (χ3n) is 3.16. The fourth-order valence-electron chi connectivity index (χ4n) is 2.17. The van der Waals surface area contributed by atoms with Gasteiger partial charge in [0, 0.05) is 12.7 Å². The normalized spacial score (nSPS) is 27.4. The lowest BCUT2D eigenvalue weighted by Crippen LogP contribution is -2.35. The van der Waals surface area contributed by atoms with Crippen molar-refractivity contribution in [2.45, 2.75) is 13.0 Å². The Hall–Kier alpha value is -1.85. The fraction of sp³-hybridized carbons (Fsp3) is 0.500. The van der Waals surface area contributed by atoms with Crippen LogP contribution >= 0.6 is 0 Å². The molecule has 1 aliphatic carbocycles. The number of fused-ring (bicyclic) bond motifs is 1. The fourth-order valence-corrected chi connectivity index (χ4v) is 2.17. The standard InChI is InChI=1S/C10H12N4O2/c11-6-4-12-13(5-6)1-2-14-9(15)7-3-8(7)10(14)16/h4-5,7-8H,1-3,11H2. The van der Waals surface area contributed by atoms with Gasteiger partial charge in [0.1, 0.15) is 0 Å². The van der Waals surface area contributed by atoms with Gasteiger partial charge in [-0.3, -0.25) is 19.2 Å². The molecule has 84 valence electrons. The van der Waals surface area contributed by atoms with Crippen molar-refractivity contribution in [3.05, 3.63) is 12.4 Å². The molecule has 2 heterocycles. The van der Waals surface area contributed by atoms with Crippen LogP contribution in [0.5, 0.6) is 0 Å². The largest absolute Gasteiger partial charge is 0.396 e. The SMILES string of the molecule is Nc1cnn(CCN2C(=O)C3CC3C2=O)c1. The second kappa shape index (κ2) is 3.07. The first-order chi connectivity index (χ1) is 7.66. The first-order valence-electron chi connectivity index (χ1n) is 5.30. The van der Waals surface area contributed by atoms with Crippen molar-refractivity contribution in [2.24, 2.45) is 11.8 Å². The number of aromatic nitrogens is 2. The lowest BCUT2D eigenvalue weighted by molar-refractivity contribution is -0.141. The highest BCUT2D eigenvalue weighted by Gasteiger charge is 2.58. The predicted molar refractivity (Wildman–Crippen MR) is 55.0 cm³/mol. The van der Waals surface area contributed by atoms with E-state index < -0.39 is 0 Å². The van der Waals surface area contributed by atoms with E-state index >= 15 is 0 Å². The average Bonchev–Trinajstić information content (AvgIpc) is 2.89. The van der Waals surface area contributed by atoms with Crippen molar-refractivity contribution in [3.63, 3.8) is 0 Å². The zero-order valence-electron chi connectivity index (χ0n) is 8.67. The number of amides is 2. The maximum absolute atomic E-state index is 11.6. The molecule has 1 aliphatic heterocycles. The van der Waals surface area contributed by atoms with Gasteiger partial charge in [0.2, 0.25) is 11.8 Å². The summed E-state index contributed by atoms with van der Waals surface area (Å²) in [5.41, 5.74) is 6.10. The number of carbonyl (C=O) groups is 2. The van der Waals surface area contributed by atoms with E-state index in [0.29, 0.717) is 18.8 Å². The summed E-state index contributed by atoms with van der Waals surface area (Å²) >= 11 is 0. The summed E-state index contributed by atoms with van der Waals surface area (Å²) in [6, 6.07) is 0. The van der Waals surface area contributed by atoms with Gasteiger partial charge in [-0.15, -0.1) is 0 Å². The zero-order chi connectivity index (χ0) is 11.3. The van der Waals surface area contributed by atoms with Crippen LogP contribution in [0.3, 0.4) is 0 Å². The molecule has 2 unspecified atom stereocenters. The molecule has 16 heavy (non-hydrogen) atoms. The molecule has 2 atom stereocenters. The monoisotopic (exact) mass is 220 g/mol. The van der Waals surface area contributed by atoms with Gasteiger partial charge in [-0.25, -0.2) is 0 Å². The Balaban J connectivity index is 1.63. The first kappa shape index (κ1) is 9.38. The number of hydrogen-bond donors (Lipinski definition) is 1. The molecule has 0 radical (unpaired) electrons. The summed E-state index contributed by atoms with van der Waals surface area (Å²) in [5, 5.41) is 4.00. The predicted octanol–water partition coefficient (Wildman–Crippen LogP) is -0.530. The molecule has 6 heteroatoms. The molecule has 3 rings (SSSR count). The van der Waals surface area contributed by atoms with Gasteiger partial charge in [-0.2, -0.15) is 5.10 Å². The summed E-state index contributed by atoms with van der Waals surface area (Å²) in [6.45, 7) is 0.903. The van der Waals surface area contributed by atoms with Crippen LogP contribution < -0.4 is 5.73 Å². The van der Waals surface area contributed by atoms with Gasteiger partial charge in [0.05, 0.1) is 30.3 Å². The summed E-state index contributed by atoms with van der Waals surface area (Å²) < 4.78 is 1.64. The Morgan fingerprint density at radius 3 is 2.56 bits per heavy atom. The Labute approximate surface area is 92.0 Å². The Kier molecular flexibility index (Phi) is 1.80. The highest BCUT2D eigenvalue weighted by atomic mass is 16.2. The minimum Gasteiger partial charge on any atom is -0.396 e. The van der Waals surface area contributed by atoms with Crippen LogP contribution in [-0.4, -0.2) is 33.0 Å². The van der Waals surface area contributed by atoms with Crippen molar-refractivity contribution in [1.82, 2.24) is 14.7 Å². The minimum atomic E-state index is -0.0184. The topological polar surface area (TPSA) is 81.2 Å². The third-order valence-corrected chi connectivity index (χ3v) is 3.16. The number of nitrogens with zero attached hydrogens (tertiary/aromatic N) is 3. The molecule has 0 bridgehead atoms. The molecule has 1 aromatic heterocycles. The van der Waals surface area contributed by atoms with E-state index in [1.807, 2.05) is 0 Å². The van der Waals surface area contributed by atoms with Crippen molar-refractivity contribution >= 4 is 17.5 Å². The smallest absolute Gasteiger partial charge is 0.233 e. The lowest BCUT2D eigenvalue weighted by atomic mass is 10.4. The maximum Gasteiger partial charge on any atom is 0.233 e. The van der Waals surface area contributed by atoms with E-state index in [0.717, 1.165) is 6.42 Å². The van der Waals surface area contributed by atoms with Crippen LogP contribution in [0.2, 0.25) is 0 Å². The van der Waals surface area contributed by atoms with E-state index in [9.17, 15) is 9.59 Å². The number of carbonyl (C=O) groups excluding carboxylic acids is 2. The van der Waals surface area contributed by atoms with E-state index in [2.05, 4.69) is 5.10 Å². The molecular weight excluding hydrogens is 208 g/mol. The molecule has 1 saturated heterocycles. The second-order valence-corrected chi connectivity index (χ2v) is 4.31. The zero-order valence-corrected chi connectivity index (χ0v) is 8.67. The molecule has 0 spiro atoms. The number of rotatable bonds is 3. The van der Waals surface area contributed by atoms with Gasteiger partial charge >= 0.3 is 0 Å². The molecule has 2 N–H and O–H groups in total. The number of nitrogens with two attached hydrogens (primary N) is 1. The van der Waals surface area contributed by atoms with E-state index in [1.165, 1.54) is 4.90 Å². The minimum absolute atomic E-state index is 0.0183.